The van der Waals surface area contributed by atoms with E-state index in [1.165, 1.54) is 14.2 Å². The summed E-state index contributed by atoms with van der Waals surface area (Å²) < 4.78 is 9.03. The Hall–Kier alpha value is -1.10. The lowest BCUT2D eigenvalue weighted by atomic mass is 10.4. The van der Waals surface area contributed by atoms with Crippen LogP contribution in [0.1, 0.15) is 6.92 Å². The van der Waals surface area contributed by atoms with Gasteiger partial charge in [-0.05, 0) is 6.92 Å². The minimum atomic E-state index is -0.547. The van der Waals surface area contributed by atoms with E-state index >= 15 is 0 Å². The van der Waals surface area contributed by atoms with Crippen molar-refractivity contribution in [1.82, 2.24) is 5.32 Å². The van der Waals surface area contributed by atoms with Crippen LogP contribution in [-0.2, 0) is 19.1 Å². The summed E-state index contributed by atoms with van der Waals surface area (Å²) in [6.45, 7) is 1.47. The highest BCUT2D eigenvalue weighted by atomic mass is 16.5. The molecule has 1 unspecified atom stereocenters. The molecule has 70 valence electrons. The van der Waals surface area contributed by atoms with Gasteiger partial charge in [-0.15, -0.1) is 0 Å². The lowest BCUT2D eigenvalue weighted by Gasteiger charge is -2.08. The molecular formula is C7H13NO4. The molecule has 0 saturated heterocycles. The summed E-state index contributed by atoms with van der Waals surface area (Å²) >= 11 is 0. The SMILES string of the molecule is COC(=O)CNC(=O)C(C)OC. The number of hydrogen-bond donors (Lipinski definition) is 1. The Morgan fingerprint density at radius 3 is 2.42 bits per heavy atom. The van der Waals surface area contributed by atoms with Gasteiger partial charge in [-0.25, -0.2) is 0 Å². The molecule has 0 aliphatic rings. The first-order chi connectivity index (χ1) is 5.61. The van der Waals surface area contributed by atoms with Gasteiger partial charge in [-0.3, -0.25) is 9.59 Å². The molecule has 1 N–H and O–H groups in total. The molecule has 1 amide bonds. The van der Waals surface area contributed by atoms with E-state index in [2.05, 4.69) is 10.1 Å². The highest BCUT2D eigenvalue weighted by molar-refractivity contribution is 5.84. The van der Waals surface area contributed by atoms with E-state index in [-0.39, 0.29) is 12.5 Å². The molecule has 1 atom stereocenters. The second-order valence-electron chi connectivity index (χ2n) is 2.17. The number of nitrogens with one attached hydrogen (secondary N) is 1. The van der Waals surface area contributed by atoms with Crippen molar-refractivity contribution in [3.63, 3.8) is 0 Å². The van der Waals surface area contributed by atoms with Gasteiger partial charge in [0.2, 0.25) is 5.91 Å². The molecular weight excluding hydrogens is 162 g/mol. The summed E-state index contributed by atoms with van der Waals surface area (Å²) in [5.74, 6) is -0.811. The second-order valence-corrected chi connectivity index (χ2v) is 2.17. The fourth-order valence-corrected chi connectivity index (χ4v) is 0.482. The number of rotatable bonds is 4. The molecule has 0 aliphatic heterocycles. The predicted octanol–water partition coefficient (Wildman–Crippen LogP) is -0.690. The number of amides is 1. The number of carbonyl (C=O) groups is 2. The molecule has 0 aliphatic carbocycles. The first-order valence-corrected chi connectivity index (χ1v) is 3.49. The Morgan fingerprint density at radius 1 is 1.42 bits per heavy atom. The third-order valence-electron chi connectivity index (χ3n) is 1.36. The summed E-state index contributed by atoms with van der Waals surface area (Å²) in [6.07, 6.45) is -0.547. The van der Waals surface area contributed by atoms with E-state index in [9.17, 15) is 9.59 Å². The van der Waals surface area contributed by atoms with E-state index in [1.807, 2.05) is 0 Å². The van der Waals surface area contributed by atoms with Crippen LogP contribution < -0.4 is 5.32 Å². The van der Waals surface area contributed by atoms with Crippen molar-refractivity contribution in [3.05, 3.63) is 0 Å². The Balaban J connectivity index is 3.64. The van der Waals surface area contributed by atoms with Crippen molar-refractivity contribution in [3.8, 4) is 0 Å². The Labute approximate surface area is 71.0 Å². The molecule has 0 saturated carbocycles. The monoisotopic (exact) mass is 175 g/mol. The zero-order valence-electron chi connectivity index (χ0n) is 7.42. The molecule has 5 nitrogen and oxygen atoms in total. The summed E-state index contributed by atoms with van der Waals surface area (Å²) in [4.78, 5) is 21.5. The third-order valence-corrected chi connectivity index (χ3v) is 1.36. The van der Waals surface area contributed by atoms with Gasteiger partial charge in [0.25, 0.3) is 0 Å². The largest absolute Gasteiger partial charge is 0.468 e. The van der Waals surface area contributed by atoms with Gasteiger partial charge in [-0.1, -0.05) is 0 Å². The fourth-order valence-electron chi connectivity index (χ4n) is 0.482. The van der Waals surface area contributed by atoms with Gasteiger partial charge in [0.1, 0.15) is 12.6 Å². The number of methoxy groups -OCH3 is 2. The van der Waals surface area contributed by atoms with E-state index in [0.717, 1.165) is 0 Å². The van der Waals surface area contributed by atoms with Crippen LogP contribution in [0.25, 0.3) is 0 Å². The summed E-state index contributed by atoms with van der Waals surface area (Å²) in [7, 11) is 2.68. The van der Waals surface area contributed by atoms with Crippen LogP contribution in [-0.4, -0.2) is 38.7 Å². The first-order valence-electron chi connectivity index (χ1n) is 3.49. The molecule has 0 aromatic rings. The zero-order chi connectivity index (χ0) is 9.56. The van der Waals surface area contributed by atoms with Crippen LogP contribution in [0.4, 0.5) is 0 Å². The highest BCUT2D eigenvalue weighted by Crippen LogP contribution is 1.86. The van der Waals surface area contributed by atoms with Crippen molar-refractivity contribution in [1.29, 1.82) is 0 Å². The fraction of sp³-hybridized carbons (Fsp3) is 0.714. The smallest absolute Gasteiger partial charge is 0.325 e. The van der Waals surface area contributed by atoms with Crippen molar-refractivity contribution in [2.45, 2.75) is 13.0 Å². The minimum Gasteiger partial charge on any atom is -0.468 e. The molecule has 0 rings (SSSR count). The first kappa shape index (κ1) is 10.9. The van der Waals surface area contributed by atoms with E-state index in [0.29, 0.717) is 0 Å². The van der Waals surface area contributed by atoms with E-state index < -0.39 is 12.1 Å². The highest BCUT2D eigenvalue weighted by Gasteiger charge is 2.11. The molecule has 0 aromatic heterocycles. The van der Waals surface area contributed by atoms with Gasteiger partial charge < -0.3 is 14.8 Å². The third kappa shape index (κ3) is 3.92. The van der Waals surface area contributed by atoms with Crippen LogP contribution in [0.2, 0.25) is 0 Å². The zero-order valence-corrected chi connectivity index (χ0v) is 7.42. The second kappa shape index (κ2) is 5.54. The van der Waals surface area contributed by atoms with Gasteiger partial charge >= 0.3 is 5.97 Å². The van der Waals surface area contributed by atoms with Gasteiger partial charge in [0.15, 0.2) is 0 Å². The quantitative estimate of drug-likeness (QED) is 0.574. The maximum absolute atomic E-state index is 11.0. The molecule has 0 heterocycles. The summed E-state index contributed by atoms with van der Waals surface area (Å²) in [5.41, 5.74) is 0. The Morgan fingerprint density at radius 2 is 2.00 bits per heavy atom. The normalized spacial score (nSPS) is 11.9. The molecule has 12 heavy (non-hydrogen) atoms. The number of esters is 1. The lowest BCUT2D eigenvalue weighted by molar-refractivity contribution is -0.142. The molecule has 0 fully saturated rings. The molecule has 0 aromatic carbocycles. The predicted molar refractivity (Wildman–Crippen MR) is 41.5 cm³/mol. The maximum atomic E-state index is 11.0. The van der Waals surface area contributed by atoms with Crippen LogP contribution >= 0.6 is 0 Å². The number of carbonyl (C=O) groups excluding carboxylic acids is 2. The van der Waals surface area contributed by atoms with E-state index in [1.54, 1.807) is 6.92 Å². The van der Waals surface area contributed by atoms with Crippen LogP contribution in [0.5, 0.6) is 0 Å². The lowest BCUT2D eigenvalue weighted by Crippen LogP contribution is -2.37. The Kier molecular flexibility index (Phi) is 5.03. The Bertz CT molecular complexity index is 169. The van der Waals surface area contributed by atoms with Crippen LogP contribution in [0.3, 0.4) is 0 Å². The van der Waals surface area contributed by atoms with Gasteiger partial charge in [-0.2, -0.15) is 0 Å². The van der Waals surface area contributed by atoms with Crippen molar-refractivity contribution in [2.24, 2.45) is 0 Å². The molecule has 0 bridgehead atoms. The minimum absolute atomic E-state index is 0.122. The topological polar surface area (TPSA) is 64.6 Å². The number of hydrogen-bond acceptors (Lipinski definition) is 4. The van der Waals surface area contributed by atoms with Crippen LogP contribution in [0, 0.1) is 0 Å². The average molecular weight is 175 g/mol. The average Bonchev–Trinajstić information content (AvgIpc) is 2.11. The van der Waals surface area contributed by atoms with E-state index in [4.69, 9.17) is 4.74 Å². The molecule has 5 heteroatoms. The van der Waals surface area contributed by atoms with Crippen molar-refractivity contribution in [2.75, 3.05) is 20.8 Å². The molecule has 0 spiro atoms. The van der Waals surface area contributed by atoms with Crippen molar-refractivity contribution >= 4 is 11.9 Å². The maximum Gasteiger partial charge on any atom is 0.325 e. The van der Waals surface area contributed by atoms with Gasteiger partial charge in [0, 0.05) is 7.11 Å². The standard InChI is InChI=1S/C7H13NO4/c1-5(11-2)7(10)8-4-6(9)12-3/h5H,4H2,1-3H3,(H,8,10). The summed E-state index contributed by atoms with van der Waals surface area (Å²) in [6, 6.07) is 0. The molecule has 0 radical (unpaired) electrons. The van der Waals surface area contributed by atoms with Crippen molar-refractivity contribution < 1.29 is 19.1 Å². The summed E-state index contributed by atoms with van der Waals surface area (Å²) in [5, 5.41) is 2.35. The van der Waals surface area contributed by atoms with Gasteiger partial charge in [0.05, 0.1) is 7.11 Å². The van der Waals surface area contributed by atoms with Crippen LogP contribution in [0.15, 0.2) is 0 Å². The number of ether oxygens (including phenoxy) is 2.